The van der Waals surface area contributed by atoms with Gasteiger partial charge in [-0.05, 0) is 43.9 Å². The van der Waals surface area contributed by atoms with Crippen molar-refractivity contribution in [3.63, 3.8) is 0 Å². The molecule has 0 fully saturated rings. The van der Waals surface area contributed by atoms with Crippen LogP contribution in [0.1, 0.15) is 117 Å². The summed E-state index contributed by atoms with van der Waals surface area (Å²) in [7, 11) is 3.01. The number of ether oxygens (including phenoxy) is 2. The van der Waals surface area contributed by atoms with Gasteiger partial charge in [0.1, 0.15) is 18.1 Å². The van der Waals surface area contributed by atoms with Gasteiger partial charge in [-0.25, -0.2) is 0 Å². The number of rotatable bonds is 17. The summed E-state index contributed by atoms with van der Waals surface area (Å²) in [5.41, 5.74) is 1.83. The second-order valence-electron chi connectivity index (χ2n) is 8.77. The highest BCUT2D eigenvalue weighted by molar-refractivity contribution is 6.25. The molecule has 0 saturated carbocycles. The minimum Gasteiger partial charge on any atom is -0.496 e. The maximum atomic E-state index is 12.7. The minimum absolute atomic E-state index is 0.234. The standard InChI is InChI=1S/C28H41NO5/c1-5-7-9-11-12-13-15-19-34-29-22(16-14-10-8-6-2)21-20-25(32-3)26-23(30)17-18-24(31)27(26)28(21)33-4/h17-18,20H,5-16,19H2,1-4H3/b29-22+. The highest BCUT2D eigenvalue weighted by Gasteiger charge is 2.31. The van der Waals surface area contributed by atoms with Gasteiger partial charge in [-0.2, -0.15) is 0 Å². The number of benzene rings is 1. The van der Waals surface area contributed by atoms with Gasteiger partial charge >= 0.3 is 0 Å². The lowest BCUT2D eigenvalue weighted by atomic mass is 9.88. The average molecular weight is 472 g/mol. The molecule has 1 aliphatic rings. The highest BCUT2D eigenvalue weighted by Crippen LogP contribution is 2.38. The monoisotopic (exact) mass is 471 g/mol. The molecule has 0 radical (unpaired) electrons. The second kappa shape index (κ2) is 15.3. The minimum atomic E-state index is -0.277. The van der Waals surface area contributed by atoms with Gasteiger partial charge in [0.05, 0.1) is 31.1 Å². The summed E-state index contributed by atoms with van der Waals surface area (Å²) < 4.78 is 11.2. The lowest BCUT2D eigenvalue weighted by Crippen LogP contribution is -2.18. The first-order valence-electron chi connectivity index (χ1n) is 12.8. The predicted molar refractivity (Wildman–Crippen MR) is 137 cm³/mol. The predicted octanol–water partition coefficient (Wildman–Crippen LogP) is 7.08. The lowest BCUT2D eigenvalue weighted by Gasteiger charge is -2.20. The van der Waals surface area contributed by atoms with Crippen LogP contribution in [0.3, 0.4) is 0 Å². The molecule has 0 N–H and O–H groups in total. The molecule has 1 aromatic rings. The first kappa shape index (κ1) is 27.6. The fourth-order valence-corrected chi connectivity index (χ4v) is 4.22. The highest BCUT2D eigenvalue weighted by atomic mass is 16.6. The number of unbranched alkanes of at least 4 members (excludes halogenated alkanes) is 9. The van der Waals surface area contributed by atoms with Gasteiger partial charge in [0.15, 0.2) is 11.6 Å². The molecule has 6 heteroatoms. The van der Waals surface area contributed by atoms with Crippen LogP contribution < -0.4 is 9.47 Å². The third-order valence-electron chi connectivity index (χ3n) is 6.14. The van der Waals surface area contributed by atoms with Crippen LogP contribution in [0.15, 0.2) is 23.4 Å². The third kappa shape index (κ3) is 7.71. The summed E-state index contributed by atoms with van der Waals surface area (Å²) in [6.45, 7) is 4.95. The van der Waals surface area contributed by atoms with E-state index in [4.69, 9.17) is 14.3 Å². The van der Waals surface area contributed by atoms with Crippen molar-refractivity contribution in [3.05, 3.63) is 34.9 Å². The molecule has 0 amide bonds. The molecule has 1 aliphatic carbocycles. The summed E-state index contributed by atoms with van der Waals surface area (Å²) in [4.78, 5) is 31.0. The van der Waals surface area contributed by atoms with E-state index < -0.39 is 0 Å². The number of carbonyl (C=O) groups is 2. The molecule has 0 spiro atoms. The van der Waals surface area contributed by atoms with Gasteiger partial charge in [-0.3, -0.25) is 9.59 Å². The number of hydrogen-bond donors (Lipinski definition) is 0. The number of hydrogen-bond acceptors (Lipinski definition) is 6. The quantitative estimate of drug-likeness (QED) is 0.138. The Morgan fingerprint density at radius 2 is 1.35 bits per heavy atom. The van der Waals surface area contributed by atoms with Crippen molar-refractivity contribution in [1.29, 1.82) is 0 Å². The molecular formula is C28H41NO5. The molecule has 0 saturated heterocycles. The Labute approximate surface area is 204 Å². The number of carbonyl (C=O) groups excluding carboxylic acids is 2. The van der Waals surface area contributed by atoms with Crippen LogP contribution in [-0.2, 0) is 4.84 Å². The Balaban J connectivity index is 2.24. The van der Waals surface area contributed by atoms with E-state index in [1.54, 1.807) is 6.07 Å². The van der Waals surface area contributed by atoms with Crippen molar-refractivity contribution in [2.75, 3.05) is 20.8 Å². The zero-order valence-electron chi connectivity index (χ0n) is 21.4. The van der Waals surface area contributed by atoms with Crippen molar-refractivity contribution < 1.29 is 23.9 Å². The summed E-state index contributed by atoms with van der Waals surface area (Å²) >= 11 is 0. The van der Waals surface area contributed by atoms with Gasteiger partial charge in [-0.15, -0.1) is 0 Å². The van der Waals surface area contributed by atoms with E-state index in [9.17, 15) is 9.59 Å². The average Bonchev–Trinajstić information content (AvgIpc) is 2.85. The summed E-state index contributed by atoms with van der Waals surface area (Å²) in [6, 6.07) is 1.75. The number of ketones is 2. The molecule has 6 nitrogen and oxygen atoms in total. The Kier molecular flexibility index (Phi) is 12.4. The van der Waals surface area contributed by atoms with Crippen LogP contribution in [0.4, 0.5) is 0 Å². The SMILES string of the molecule is CCCCCCCCCO/N=C(\CCCCCC)c1cc(OC)c2c(c1OC)C(=O)C=CC2=O. The van der Waals surface area contributed by atoms with Crippen molar-refractivity contribution in [2.24, 2.45) is 5.16 Å². The first-order valence-corrected chi connectivity index (χ1v) is 12.8. The maximum absolute atomic E-state index is 12.7. The smallest absolute Gasteiger partial charge is 0.190 e. The Hall–Kier alpha value is -2.63. The molecule has 1 aromatic carbocycles. The van der Waals surface area contributed by atoms with Crippen molar-refractivity contribution in [2.45, 2.75) is 90.9 Å². The maximum Gasteiger partial charge on any atom is 0.190 e. The second-order valence-corrected chi connectivity index (χ2v) is 8.77. The van der Waals surface area contributed by atoms with Gasteiger partial charge in [-0.1, -0.05) is 70.4 Å². The number of methoxy groups -OCH3 is 2. The van der Waals surface area contributed by atoms with Crippen LogP contribution in [-0.4, -0.2) is 38.1 Å². The van der Waals surface area contributed by atoms with Gasteiger partial charge in [0.25, 0.3) is 0 Å². The zero-order chi connectivity index (χ0) is 24.8. The van der Waals surface area contributed by atoms with Crippen molar-refractivity contribution in [1.82, 2.24) is 0 Å². The van der Waals surface area contributed by atoms with Gasteiger partial charge < -0.3 is 14.3 Å². The number of nitrogens with zero attached hydrogens (tertiary/aromatic N) is 1. The summed E-state index contributed by atoms with van der Waals surface area (Å²) in [5.74, 6) is 0.156. The van der Waals surface area contributed by atoms with Crippen LogP contribution in [0.25, 0.3) is 0 Å². The molecule has 0 aliphatic heterocycles. The number of allylic oxidation sites excluding steroid dienone is 2. The van der Waals surface area contributed by atoms with Crippen LogP contribution in [0.2, 0.25) is 0 Å². The van der Waals surface area contributed by atoms with Crippen LogP contribution >= 0.6 is 0 Å². The molecule has 0 bridgehead atoms. The van der Waals surface area contributed by atoms with E-state index in [0.29, 0.717) is 35.8 Å². The summed E-state index contributed by atoms with van der Waals surface area (Å²) in [6.07, 6.45) is 16.0. The van der Waals surface area contributed by atoms with Crippen molar-refractivity contribution in [3.8, 4) is 11.5 Å². The molecule has 0 atom stereocenters. The normalized spacial score (nSPS) is 13.2. The Bertz CT molecular complexity index is 872. The van der Waals surface area contributed by atoms with E-state index in [1.807, 2.05) is 0 Å². The number of oxime groups is 1. The van der Waals surface area contributed by atoms with E-state index in [1.165, 1.54) is 58.5 Å². The fourth-order valence-electron chi connectivity index (χ4n) is 4.22. The first-order chi connectivity index (χ1) is 16.6. The van der Waals surface area contributed by atoms with E-state index in [-0.39, 0.29) is 22.7 Å². The Morgan fingerprint density at radius 3 is 1.97 bits per heavy atom. The van der Waals surface area contributed by atoms with Crippen LogP contribution in [0, 0.1) is 0 Å². The molecule has 0 unspecified atom stereocenters. The largest absolute Gasteiger partial charge is 0.496 e. The topological polar surface area (TPSA) is 74.2 Å². The van der Waals surface area contributed by atoms with Gasteiger partial charge in [0.2, 0.25) is 0 Å². The van der Waals surface area contributed by atoms with Crippen LogP contribution in [0.5, 0.6) is 11.5 Å². The molecule has 2 rings (SSSR count). The van der Waals surface area contributed by atoms with E-state index in [2.05, 4.69) is 19.0 Å². The fraction of sp³-hybridized carbons (Fsp3) is 0.607. The molecule has 0 heterocycles. The summed E-state index contributed by atoms with van der Waals surface area (Å²) in [5, 5.41) is 4.48. The molecule has 0 aromatic heterocycles. The Morgan fingerprint density at radius 1 is 0.765 bits per heavy atom. The van der Waals surface area contributed by atoms with Crippen molar-refractivity contribution >= 4 is 17.3 Å². The molecule has 34 heavy (non-hydrogen) atoms. The van der Waals surface area contributed by atoms with E-state index >= 15 is 0 Å². The molecular weight excluding hydrogens is 430 g/mol. The molecule has 188 valence electrons. The third-order valence-corrected chi connectivity index (χ3v) is 6.14. The van der Waals surface area contributed by atoms with Gasteiger partial charge in [0, 0.05) is 5.56 Å². The number of fused-ring (bicyclic) bond motifs is 1. The zero-order valence-corrected chi connectivity index (χ0v) is 21.4. The lowest BCUT2D eigenvalue weighted by molar-refractivity contribution is 0.0989. The van der Waals surface area contributed by atoms with E-state index in [0.717, 1.165) is 38.5 Å².